The van der Waals surface area contributed by atoms with E-state index in [4.69, 9.17) is 4.74 Å². The molecule has 0 saturated heterocycles. The molecule has 0 saturated carbocycles. The lowest BCUT2D eigenvalue weighted by Gasteiger charge is -2.32. The van der Waals surface area contributed by atoms with E-state index in [9.17, 15) is 9.59 Å². The predicted molar refractivity (Wildman–Crippen MR) is 94.4 cm³/mol. The van der Waals surface area contributed by atoms with Crippen LogP contribution in [0.4, 0.5) is 5.69 Å². The minimum absolute atomic E-state index is 0.128. The van der Waals surface area contributed by atoms with Gasteiger partial charge in [-0.1, -0.05) is 12.1 Å². The van der Waals surface area contributed by atoms with Gasteiger partial charge in [0.2, 0.25) is 5.91 Å². The zero-order valence-electron chi connectivity index (χ0n) is 13.7. The van der Waals surface area contributed by atoms with Crippen LogP contribution in [0, 0.1) is 0 Å². The van der Waals surface area contributed by atoms with E-state index in [0.717, 1.165) is 13.0 Å². The summed E-state index contributed by atoms with van der Waals surface area (Å²) in [6.07, 6.45) is 0.976. The number of fused-ring (bicyclic) bond motifs is 1. The molecule has 0 radical (unpaired) electrons. The molecule has 2 aromatic rings. The number of thiophene rings is 1. The summed E-state index contributed by atoms with van der Waals surface area (Å²) < 4.78 is 4.76. The second kappa shape index (κ2) is 7.15. The summed E-state index contributed by atoms with van der Waals surface area (Å²) in [6, 6.07) is 9.24. The van der Waals surface area contributed by atoms with Crippen molar-refractivity contribution >= 4 is 28.9 Å². The summed E-state index contributed by atoms with van der Waals surface area (Å²) >= 11 is 1.78. The highest BCUT2D eigenvalue weighted by Crippen LogP contribution is 2.32. The van der Waals surface area contributed by atoms with Gasteiger partial charge in [-0.25, -0.2) is 4.79 Å². The third kappa shape index (κ3) is 3.34. The summed E-state index contributed by atoms with van der Waals surface area (Å²) in [5, 5.41) is 4.94. The van der Waals surface area contributed by atoms with E-state index in [1.165, 1.54) is 17.6 Å². The van der Waals surface area contributed by atoms with Gasteiger partial charge in [0.25, 0.3) is 0 Å². The molecule has 0 fully saturated rings. The zero-order chi connectivity index (χ0) is 17.1. The summed E-state index contributed by atoms with van der Waals surface area (Å²) in [5.41, 5.74) is 2.16. The lowest BCUT2D eigenvalue weighted by atomic mass is 10.0. The number of rotatable bonds is 4. The molecular weight excluding hydrogens is 324 g/mol. The van der Waals surface area contributed by atoms with Crippen molar-refractivity contribution in [2.75, 3.05) is 25.5 Å². The van der Waals surface area contributed by atoms with Crippen LogP contribution in [0.5, 0.6) is 0 Å². The summed E-state index contributed by atoms with van der Waals surface area (Å²) in [4.78, 5) is 27.8. The topological polar surface area (TPSA) is 58.6 Å². The minimum atomic E-state index is -0.458. The number of para-hydroxylation sites is 1. The highest BCUT2D eigenvalue weighted by Gasteiger charge is 2.26. The van der Waals surface area contributed by atoms with Crippen LogP contribution in [0.2, 0.25) is 0 Å². The van der Waals surface area contributed by atoms with Crippen molar-refractivity contribution in [3.8, 4) is 0 Å². The number of hydrogen-bond acceptors (Lipinski definition) is 5. The molecule has 5 nitrogen and oxygen atoms in total. The highest BCUT2D eigenvalue weighted by atomic mass is 32.1. The second-order valence-corrected chi connectivity index (χ2v) is 6.78. The van der Waals surface area contributed by atoms with Crippen molar-refractivity contribution < 1.29 is 14.3 Å². The van der Waals surface area contributed by atoms with Crippen LogP contribution in [-0.2, 0) is 16.0 Å². The number of methoxy groups -OCH3 is 1. The van der Waals surface area contributed by atoms with Crippen molar-refractivity contribution in [2.45, 2.75) is 19.4 Å². The van der Waals surface area contributed by atoms with Crippen LogP contribution in [0.3, 0.4) is 0 Å². The first kappa shape index (κ1) is 16.7. The maximum Gasteiger partial charge on any atom is 0.339 e. The molecule has 0 unspecified atom stereocenters. The molecule has 0 spiro atoms. The molecule has 0 bridgehead atoms. The molecule has 1 atom stereocenters. The first-order valence-electron chi connectivity index (χ1n) is 7.87. The standard InChI is InChI=1S/C18H20N2O3S/c1-12-13-8-10-24-16(13)7-9-20(12)11-17(21)19-15-6-4-3-5-14(15)18(22)23-2/h3-6,8,10,12H,7,9,11H2,1-2H3,(H,19,21)/t12-/m0/s1. The Hall–Kier alpha value is -2.18. The molecule has 126 valence electrons. The summed E-state index contributed by atoms with van der Waals surface area (Å²) in [5.74, 6) is -0.586. The smallest absolute Gasteiger partial charge is 0.339 e. The fraction of sp³-hybridized carbons (Fsp3) is 0.333. The average molecular weight is 344 g/mol. The molecule has 1 aromatic carbocycles. The van der Waals surface area contributed by atoms with Gasteiger partial charge in [0.05, 0.1) is 24.9 Å². The SMILES string of the molecule is COC(=O)c1ccccc1NC(=O)CN1CCc2sccc2[C@@H]1C. The molecule has 1 aliphatic heterocycles. The molecule has 2 heterocycles. The molecule has 6 heteroatoms. The Morgan fingerprint density at radius 2 is 2.12 bits per heavy atom. The van der Waals surface area contributed by atoms with Crippen LogP contribution in [-0.4, -0.2) is 37.0 Å². The van der Waals surface area contributed by atoms with E-state index in [2.05, 4.69) is 28.6 Å². The first-order chi connectivity index (χ1) is 11.6. The van der Waals surface area contributed by atoms with Gasteiger partial charge < -0.3 is 10.1 Å². The van der Waals surface area contributed by atoms with Gasteiger partial charge in [-0.05, 0) is 42.5 Å². The van der Waals surface area contributed by atoms with Gasteiger partial charge >= 0.3 is 5.97 Å². The van der Waals surface area contributed by atoms with Crippen molar-refractivity contribution in [2.24, 2.45) is 0 Å². The van der Waals surface area contributed by atoms with Crippen LogP contribution in [0.1, 0.15) is 33.8 Å². The Morgan fingerprint density at radius 3 is 2.92 bits per heavy atom. The zero-order valence-corrected chi connectivity index (χ0v) is 14.6. The molecular formula is C18H20N2O3S. The van der Waals surface area contributed by atoms with Gasteiger partial charge in [0.1, 0.15) is 0 Å². The summed E-state index contributed by atoms with van der Waals surface area (Å²) in [6.45, 7) is 3.28. The van der Waals surface area contributed by atoms with Crippen molar-refractivity contribution in [1.29, 1.82) is 0 Å². The third-order valence-electron chi connectivity index (χ3n) is 4.36. The second-order valence-electron chi connectivity index (χ2n) is 5.78. The van der Waals surface area contributed by atoms with E-state index < -0.39 is 5.97 Å². The number of esters is 1. The quantitative estimate of drug-likeness (QED) is 0.866. The molecule has 1 aliphatic rings. The number of nitrogens with one attached hydrogen (secondary N) is 1. The van der Waals surface area contributed by atoms with Gasteiger partial charge in [-0.2, -0.15) is 0 Å². The molecule has 1 aromatic heterocycles. The minimum Gasteiger partial charge on any atom is -0.465 e. The third-order valence-corrected chi connectivity index (χ3v) is 5.35. The highest BCUT2D eigenvalue weighted by molar-refractivity contribution is 7.10. The Balaban J connectivity index is 1.68. The van der Waals surface area contributed by atoms with Gasteiger partial charge in [-0.15, -0.1) is 11.3 Å². The predicted octanol–water partition coefficient (Wildman–Crippen LogP) is 3.09. The van der Waals surface area contributed by atoms with Crippen LogP contribution in [0.25, 0.3) is 0 Å². The van der Waals surface area contributed by atoms with Crippen molar-refractivity contribution in [3.63, 3.8) is 0 Å². The van der Waals surface area contributed by atoms with E-state index in [1.807, 2.05) is 0 Å². The maximum absolute atomic E-state index is 12.4. The number of carbonyl (C=O) groups is 2. The van der Waals surface area contributed by atoms with E-state index in [0.29, 0.717) is 17.8 Å². The van der Waals surface area contributed by atoms with E-state index in [-0.39, 0.29) is 11.9 Å². The van der Waals surface area contributed by atoms with Crippen molar-refractivity contribution in [1.82, 2.24) is 4.90 Å². The largest absolute Gasteiger partial charge is 0.465 e. The first-order valence-corrected chi connectivity index (χ1v) is 8.75. The molecule has 1 N–H and O–H groups in total. The van der Waals surface area contributed by atoms with Gasteiger partial charge in [0.15, 0.2) is 0 Å². The van der Waals surface area contributed by atoms with Gasteiger partial charge in [0, 0.05) is 17.5 Å². The monoisotopic (exact) mass is 344 g/mol. The molecule has 0 aliphatic carbocycles. The average Bonchev–Trinajstić information content (AvgIpc) is 3.06. The number of anilines is 1. The summed E-state index contributed by atoms with van der Waals surface area (Å²) in [7, 11) is 1.33. The normalized spacial score (nSPS) is 17.2. The fourth-order valence-electron chi connectivity index (χ4n) is 3.03. The number of benzene rings is 1. The Kier molecular flexibility index (Phi) is 4.97. The maximum atomic E-state index is 12.4. The number of hydrogen-bond donors (Lipinski definition) is 1. The lowest BCUT2D eigenvalue weighted by Crippen LogP contribution is -2.39. The van der Waals surface area contributed by atoms with Crippen molar-refractivity contribution in [3.05, 3.63) is 51.7 Å². The lowest BCUT2D eigenvalue weighted by molar-refractivity contribution is -0.117. The Bertz CT molecular complexity index is 756. The molecule has 1 amide bonds. The van der Waals surface area contributed by atoms with Gasteiger partial charge in [-0.3, -0.25) is 9.69 Å². The van der Waals surface area contributed by atoms with Crippen LogP contribution < -0.4 is 5.32 Å². The number of nitrogens with zero attached hydrogens (tertiary/aromatic N) is 1. The Labute approximate surface area is 145 Å². The number of carbonyl (C=O) groups excluding carboxylic acids is 2. The number of ether oxygens (including phenoxy) is 1. The Morgan fingerprint density at radius 1 is 1.33 bits per heavy atom. The molecule has 24 heavy (non-hydrogen) atoms. The number of amides is 1. The van der Waals surface area contributed by atoms with E-state index in [1.54, 1.807) is 35.6 Å². The van der Waals surface area contributed by atoms with Crippen LogP contribution >= 0.6 is 11.3 Å². The van der Waals surface area contributed by atoms with Crippen LogP contribution in [0.15, 0.2) is 35.7 Å². The van der Waals surface area contributed by atoms with E-state index >= 15 is 0 Å². The molecule has 3 rings (SSSR count). The fourth-order valence-corrected chi connectivity index (χ4v) is 3.99.